The summed E-state index contributed by atoms with van der Waals surface area (Å²) in [6.07, 6.45) is -1.97. The second kappa shape index (κ2) is 3.93. The van der Waals surface area contributed by atoms with Gasteiger partial charge in [0.2, 0.25) is 6.17 Å². The molecule has 0 spiro atoms. The lowest BCUT2D eigenvalue weighted by Gasteiger charge is -2.09. The summed E-state index contributed by atoms with van der Waals surface area (Å²) in [6.45, 7) is 1.92. The highest BCUT2D eigenvalue weighted by Gasteiger charge is 2.20. The molecule has 0 aromatic heterocycles. The molecule has 2 aromatic carbocycles. The van der Waals surface area contributed by atoms with Crippen molar-refractivity contribution in [1.29, 1.82) is 0 Å². The first-order valence-corrected chi connectivity index (χ1v) is 4.96. The van der Waals surface area contributed by atoms with Crippen LogP contribution in [0.25, 0.3) is 10.8 Å². The van der Waals surface area contributed by atoms with Crippen LogP contribution in [0.2, 0.25) is 0 Å². The Balaban J connectivity index is 2.72. The predicted molar refractivity (Wildman–Crippen MR) is 60.2 cm³/mol. The number of carboxylic acid groups (broad SMARTS) is 1. The van der Waals surface area contributed by atoms with Gasteiger partial charge in [0, 0.05) is 5.56 Å². The number of halogens is 1. The minimum Gasteiger partial charge on any atom is -0.479 e. The highest BCUT2D eigenvalue weighted by Crippen LogP contribution is 2.28. The number of alkyl halides is 1. The van der Waals surface area contributed by atoms with Crippen LogP contribution in [-0.4, -0.2) is 11.1 Å². The van der Waals surface area contributed by atoms with Gasteiger partial charge in [-0.2, -0.15) is 0 Å². The number of carboxylic acids is 1. The predicted octanol–water partition coefficient (Wildman–Crippen LogP) is 3.24. The van der Waals surface area contributed by atoms with Crippen LogP contribution in [-0.2, 0) is 4.79 Å². The van der Waals surface area contributed by atoms with Gasteiger partial charge in [-0.15, -0.1) is 0 Å². The van der Waals surface area contributed by atoms with Crippen molar-refractivity contribution in [3.8, 4) is 0 Å². The van der Waals surface area contributed by atoms with Gasteiger partial charge >= 0.3 is 5.97 Å². The molecule has 82 valence electrons. The van der Waals surface area contributed by atoms with Gasteiger partial charge in [-0.1, -0.05) is 36.4 Å². The van der Waals surface area contributed by atoms with E-state index >= 15 is 0 Å². The van der Waals surface area contributed by atoms with E-state index in [2.05, 4.69) is 0 Å². The van der Waals surface area contributed by atoms with E-state index in [1.165, 1.54) is 6.07 Å². The van der Waals surface area contributed by atoms with E-state index in [9.17, 15) is 9.18 Å². The van der Waals surface area contributed by atoms with Crippen molar-refractivity contribution in [1.82, 2.24) is 0 Å². The molecule has 0 radical (unpaired) electrons. The Morgan fingerprint density at radius 3 is 2.44 bits per heavy atom. The van der Waals surface area contributed by atoms with Crippen molar-refractivity contribution < 1.29 is 14.3 Å². The van der Waals surface area contributed by atoms with E-state index in [0.29, 0.717) is 5.39 Å². The Kier molecular flexibility index (Phi) is 2.60. The Morgan fingerprint density at radius 1 is 1.19 bits per heavy atom. The lowest BCUT2D eigenvalue weighted by atomic mass is 9.98. The zero-order valence-corrected chi connectivity index (χ0v) is 8.77. The summed E-state index contributed by atoms with van der Waals surface area (Å²) >= 11 is 0. The third kappa shape index (κ3) is 1.65. The molecule has 1 N–H and O–H groups in total. The minimum atomic E-state index is -1.97. The van der Waals surface area contributed by atoms with E-state index in [4.69, 9.17) is 5.11 Å². The third-order valence-corrected chi connectivity index (χ3v) is 2.67. The molecule has 2 aromatic rings. The first-order chi connectivity index (χ1) is 7.61. The van der Waals surface area contributed by atoms with Crippen LogP contribution in [0.5, 0.6) is 0 Å². The molecule has 16 heavy (non-hydrogen) atoms. The Hall–Kier alpha value is -1.90. The summed E-state index contributed by atoms with van der Waals surface area (Å²) < 4.78 is 13.5. The van der Waals surface area contributed by atoms with Crippen molar-refractivity contribution >= 4 is 16.7 Å². The van der Waals surface area contributed by atoms with Gasteiger partial charge in [0.25, 0.3) is 0 Å². The van der Waals surface area contributed by atoms with Crippen molar-refractivity contribution in [3.63, 3.8) is 0 Å². The Labute approximate surface area is 92.3 Å². The molecular formula is C13H11FO2. The largest absolute Gasteiger partial charge is 0.479 e. The number of hydrogen-bond acceptors (Lipinski definition) is 1. The topological polar surface area (TPSA) is 37.3 Å². The summed E-state index contributed by atoms with van der Waals surface area (Å²) in [4.78, 5) is 10.7. The molecule has 0 heterocycles. The van der Waals surface area contributed by atoms with Gasteiger partial charge in [-0.05, 0) is 23.3 Å². The SMILES string of the molecule is Cc1ccc(C(F)C(=O)O)c2ccccc12. The number of rotatable bonds is 2. The van der Waals surface area contributed by atoms with Crippen LogP contribution < -0.4 is 0 Å². The quantitative estimate of drug-likeness (QED) is 0.840. The molecule has 0 aliphatic rings. The maximum Gasteiger partial charge on any atom is 0.343 e. The number of carbonyl (C=O) groups is 1. The smallest absolute Gasteiger partial charge is 0.343 e. The Bertz CT molecular complexity index is 549. The van der Waals surface area contributed by atoms with Crippen molar-refractivity contribution in [2.75, 3.05) is 0 Å². The zero-order valence-electron chi connectivity index (χ0n) is 8.77. The molecule has 2 nitrogen and oxygen atoms in total. The molecule has 1 unspecified atom stereocenters. The fourth-order valence-corrected chi connectivity index (χ4v) is 1.83. The van der Waals surface area contributed by atoms with Gasteiger partial charge in [-0.3, -0.25) is 0 Å². The Morgan fingerprint density at radius 2 is 1.81 bits per heavy atom. The first kappa shape index (κ1) is 10.6. The van der Waals surface area contributed by atoms with Crippen LogP contribution in [0.1, 0.15) is 17.3 Å². The van der Waals surface area contributed by atoms with E-state index in [0.717, 1.165) is 10.9 Å². The van der Waals surface area contributed by atoms with Crippen LogP contribution in [0.4, 0.5) is 4.39 Å². The molecule has 0 fully saturated rings. The summed E-state index contributed by atoms with van der Waals surface area (Å²) in [7, 11) is 0. The third-order valence-electron chi connectivity index (χ3n) is 2.67. The van der Waals surface area contributed by atoms with Gasteiger partial charge in [0.15, 0.2) is 0 Å². The number of benzene rings is 2. The van der Waals surface area contributed by atoms with Crippen molar-refractivity contribution in [2.24, 2.45) is 0 Å². The van der Waals surface area contributed by atoms with E-state index in [1.807, 2.05) is 19.1 Å². The first-order valence-electron chi connectivity index (χ1n) is 4.96. The van der Waals surface area contributed by atoms with Crippen LogP contribution in [0.15, 0.2) is 36.4 Å². The summed E-state index contributed by atoms with van der Waals surface area (Å²) in [6, 6.07) is 10.5. The van der Waals surface area contributed by atoms with E-state index < -0.39 is 12.1 Å². The molecule has 0 aliphatic heterocycles. The lowest BCUT2D eigenvalue weighted by molar-refractivity contribution is -0.142. The molecule has 0 bridgehead atoms. The van der Waals surface area contributed by atoms with Gasteiger partial charge < -0.3 is 5.11 Å². The standard InChI is InChI=1S/C13H11FO2/c1-8-6-7-11(12(14)13(15)16)10-5-3-2-4-9(8)10/h2-7,12H,1H3,(H,15,16). The van der Waals surface area contributed by atoms with E-state index in [1.54, 1.807) is 18.2 Å². The average Bonchev–Trinajstić information content (AvgIpc) is 2.29. The second-order valence-electron chi connectivity index (χ2n) is 3.72. The summed E-state index contributed by atoms with van der Waals surface area (Å²) in [5.41, 5.74) is 1.23. The van der Waals surface area contributed by atoms with E-state index in [-0.39, 0.29) is 5.56 Å². The molecule has 0 saturated carbocycles. The highest BCUT2D eigenvalue weighted by molar-refractivity contribution is 5.92. The molecule has 0 saturated heterocycles. The molecule has 0 aliphatic carbocycles. The van der Waals surface area contributed by atoms with Gasteiger partial charge in [0.05, 0.1) is 0 Å². The maximum atomic E-state index is 13.5. The van der Waals surface area contributed by atoms with Crippen LogP contribution >= 0.6 is 0 Å². The number of hydrogen-bond donors (Lipinski definition) is 1. The molecule has 1 atom stereocenters. The average molecular weight is 218 g/mol. The number of fused-ring (bicyclic) bond motifs is 1. The van der Waals surface area contributed by atoms with Gasteiger partial charge in [0.1, 0.15) is 0 Å². The van der Waals surface area contributed by atoms with Gasteiger partial charge in [-0.25, -0.2) is 9.18 Å². The molecular weight excluding hydrogens is 207 g/mol. The zero-order chi connectivity index (χ0) is 11.7. The maximum absolute atomic E-state index is 13.5. The number of aryl methyl sites for hydroxylation is 1. The lowest BCUT2D eigenvalue weighted by Crippen LogP contribution is -2.06. The summed E-state index contributed by atoms with van der Waals surface area (Å²) in [5, 5.41) is 10.2. The molecule has 3 heteroatoms. The minimum absolute atomic E-state index is 0.216. The second-order valence-corrected chi connectivity index (χ2v) is 3.72. The van der Waals surface area contributed by atoms with Crippen molar-refractivity contribution in [3.05, 3.63) is 47.5 Å². The summed E-state index contributed by atoms with van der Waals surface area (Å²) in [5.74, 6) is -1.45. The molecule has 0 amide bonds. The number of aliphatic carboxylic acids is 1. The van der Waals surface area contributed by atoms with Crippen LogP contribution in [0.3, 0.4) is 0 Å². The molecule has 2 rings (SSSR count). The van der Waals surface area contributed by atoms with Crippen LogP contribution in [0, 0.1) is 6.92 Å². The van der Waals surface area contributed by atoms with Crippen molar-refractivity contribution in [2.45, 2.75) is 13.1 Å². The fraction of sp³-hybridized carbons (Fsp3) is 0.154. The normalized spacial score (nSPS) is 12.6. The fourth-order valence-electron chi connectivity index (χ4n) is 1.83. The highest BCUT2D eigenvalue weighted by atomic mass is 19.1. The monoisotopic (exact) mass is 218 g/mol.